The zero-order valence-corrected chi connectivity index (χ0v) is 16.1. The molecule has 6 heteroatoms. The normalized spacial score (nSPS) is 15.5. The Morgan fingerprint density at radius 3 is 2.68 bits per heavy atom. The number of aryl methyl sites for hydroxylation is 1. The van der Waals surface area contributed by atoms with Crippen LogP contribution in [0.5, 0.6) is 0 Å². The topological polar surface area (TPSA) is 63.1 Å². The fourth-order valence-electron chi connectivity index (χ4n) is 3.87. The van der Waals surface area contributed by atoms with Crippen molar-refractivity contribution in [2.45, 2.75) is 32.4 Å². The highest BCUT2D eigenvalue weighted by Crippen LogP contribution is 2.25. The molecule has 1 saturated heterocycles. The molecule has 0 radical (unpaired) electrons. The Kier molecular flexibility index (Phi) is 5.48. The molecule has 2 aromatic heterocycles. The number of aromatic nitrogens is 3. The Balaban J connectivity index is 1.54. The van der Waals surface area contributed by atoms with Gasteiger partial charge in [-0.15, -0.1) is 0 Å². The molecule has 3 aromatic rings. The average molecular weight is 375 g/mol. The molecule has 1 N–H and O–H groups in total. The van der Waals surface area contributed by atoms with Gasteiger partial charge in [-0.25, -0.2) is 4.98 Å². The van der Waals surface area contributed by atoms with Crippen LogP contribution >= 0.6 is 0 Å². The Hall–Kier alpha value is -2.99. The lowest BCUT2D eigenvalue weighted by Crippen LogP contribution is -2.39. The van der Waals surface area contributed by atoms with Gasteiger partial charge in [0.05, 0.1) is 5.69 Å². The summed E-state index contributed by atoms with van der Waals surface area (Å²) < 4.78 is 2.04. The number of nitrogens with one attached hydrogen (secondary N) is 1. The summed E-state index contributed by atoms with van der Waals surface area (Å²) in [4.78, 5) is 23.9. The number of benzene rings is 1. The van der Waals surface area contributed by atoms with Gasteiger partial charge in [0.15, 0.2) is 0 Å². The van der Waals surface area contributed by atoms with E-state index in [2.05, 4.69) is 26.3 Å². The zero-order chi connectivity index (χ0) is 19.3. The minimum Gasteiger partial charge on any atom is -0.350 e. The summed E-state index contributed by atoms with van der Waals surface area (Å²) in [5.74, 6) is 0.941. The van der Waals surface area contributed by atoms with Crippen LogP contribution in [0, 0.1) is 6.92 Å². The maximum absolute atomic E-state index is 13.2. The van der Waals surface area contributed by atoms with Gasteiger partial charge < -0.3 is 9.88 Å². The fourth-order valence-corrected chi connectivity index (χ4v) is 3.87. The summed E-state index contributed by atoms with van der Waals surface area (Å²) in [5, 5.41) is 3.15. The molecule has 0 aliphatic carbocycles. The maximum Gasteiger partial charge on any atom is 0.242 e. The number of carbonyl (C=O) groups excluding carboxylic acids is 1. The van der Waals surface area contributed by atoms with E-state index >= 15 is 0 Å². The molecule has 1 aliphatic heterocycles. The largest absolute Gasteiger partial charge is 0.350 e. The second-order valence-electron chi connectivity index (χ2n) is 7.12. The molecule has 144 valence electrons. The molecule has 0 spiro atoms. The molecule has 1 aromatic carbocycles. The van der Waals surface area contributed by atoms with Crippen molar-refractivity contribution in [1.29, 1.82) is 0 Å². The molecule has 1 amide bonds. The van der Waals surface area contributed by atoms with Crippen molar-refractivity contribution in [2.24, 2.45) is 0 Å². The minimum absolute atomic E-state index is 0.0204. The molecule has 1 aliphatic rings. The minimum atomic E-state index is -0.293. The van der Waals surface area contributed by atoms with Gasteiger partial charge in [0.1, 0.15) is 11.9 Å². The van der Waals surface area contributed by atoms with Crippen molar-refractivity contribution in [2.75, 3.05) is 13.1 Å². The number of amides is 1. The number of para-hydroxylation sites is 1. The summed E-state index contributed by atoms with van der Waals surface area (Å²) in [6, 6.07) is 11.7. The summed E-state index contributed by atoms with van der Waals surface area (Å²) >= 11 is 0. The van der Waals surface area contributed by atoms with Crippen LogP contribution in [0.4, 0.5) is 0 Å². The Bertz CT molecular complexity index is 931. The molecule has 3 heterocycles. The van der Waals surface area contributed by atoms with E-state index in [1.807, 2.05) is 48.0 Å². The van der Waals surface area contributed by atoms with E-state index < -0.39 is 0 Å². The van der Waals surface area contributed by atoms with Gasteiger partial charge in [0.25, 0.3) is 0 Å². The number of rotatable bonds is 6. The zero-order valence-electron chi connectivity index (χ0n) is 16.1. The van der Waals surface area contributed by atoms with Gasteiger partial charge >= 0.3 is 0 Å². The van der Waals surface area contributed by atoms with Gasteiger partial charge in [0, 0.05) is 31.3 Å². The van der Waals surface area contributed by atoms with Crippen LogP contribution in [-0.4, -0.2) is 38.4 Å². The Labute approximate surface area is 165 Å². The van der Waals surface area contributed by atoms with Gasteiger partial charge in [-0.05, 0) is 56.1 Å². The molecule has 6 nitrogen and oxygen atoms in total. The highest BCUT2D eigenvalue weighted by atomic mass is 16.2. The van der Waals surface area contributed by atoms with Crippen LogP contribution in [-0.2, 0) is 11.3 Å². The van der Waals surface area contributed by atoms with E-state index in [0.29, 0.717) is 6.54 Å². The van der Waals surface area contributed by atoms with Crippen LogP contribution in [0.3, 0.4) is 0 Å². The average Bonchev–Trinajstić information content (AvgIpc) is 3.40. The van der Waals surface area contributed by atoms with Gasteiger partial charge in [-0.2, -0.15) is 0 Å². The summed E-state index contributed by atoms with van der Waals surface area (Å²) in [6.07, 6.45) is 9.53. The number of likely N-dealkylation sites (tertiary alicyclic amines) is 1. The third-order valence-electron chi connectivity index (χ3n) is 5.28. The highest BCUT2D eigenvalue weighted by Gasteiger charge is 2.29. The smallest absolute Gasteiger partial charge is 0.242 e. The quantitative estimate of drug-likeness (QED) is 0.719. The first-order valence-corrected chi connectivity index (χ1v) is 9.74. The van der Waals surface area contributed by atoms with Crippen LogP contribution in [0.25, 0.3) is 5.69 Å². The van der Waals surface area contributed by atoms with E-state index in [9.17, 15) is 4.79 Å². The maximum atomic E-state index is 13.2. The number of hydrogen-bond acceptors (Lipinski definition) is 4. The van der Waals surface area contributed by atoms with Crippen molar-refractivity contribution in [3.05, 3.63) is 78.1 Å². The molecule has 0 unspecified atom stereocenters. The van der Waals surface area contributed by atoms with E-state index in [0.717, 1.165) is 48.6 Å². The second kappa shape index (κ2) is 8.35. The lowest BCUT2D eigenvalue weighted by Gasteiger charge is -2.26. The molecular formula is C22H25N5O. The Morgan fingerprint density at radius 1 is 1.14 bits per heavy atom. The van der Waals surface area contributed by atoms with Crippen LogP contribution in [0.2, 0.25) is 0 Å². The van der Waals surface area contributed by atoms with Crippen LogP contribution < -0.4 is 5.32 Å². The van der Waals surface area contributed by atoms with E-state index in [1.54, 1.807) is 18.6 Å². The van der Waals surface area contributed by atoms with Gasteiger partial charge in [-0.3, -0.25) is 14.7 Å². The number of carbonyl (C=O) groups is 1. The molecule has 1 fully saturated rings. The first-order chi connectivity index (χ1) is 13.7. The van der Waals surface area contributed by atoms with Crippen LogP contribution in [0.15, 0.2) is 61.2 Å². The lowest BCUT2D eigenvalue weighted by molar-refractivity contribution is -0.126. The number of pyridine rings is 1. The van der Waals surface area contributed by atoms with Crippen molar-refractivity contribution in [3.63, 3.8) is 0 Å². The van der Waals surface area contributed by atoms with E-state index in [-0.39, 0.29) is 11.9 Å². The third-order valence-corrected chi connectivity index (χ3v) is 5.28. The summed E-state index contributed by atoms with van der Waals surface area (Å²) in [5.41, 5.74) is 3.04. The molecule has 0 saturated carbocycles. The predicted octanol–water partition coefficient (Wildman–Crippen LogP) is 3.03. The number of imidazole rings is 1. The summed E-state index contributed by atoms with van der Waals surface area (Å²) in [6.45, 7) is 4.33. The Morgan fingerprint density at radius 2 is 1.96 bits per heavy atom. The summed E-state index contributed by atoms with van der Waals surface area (Å²) in [7, 11) is 0. The molecule has 28 heavy (non-hydrogen) atoms. The monoisotopic (exact) mass is 375 g/mol. The fraction of sp³-hybridized carbons (Fsp3) is 0.318. The van der Waals surface area contributed by atoms with E-state index in [1.165, 1.54) is 0 Å². The van der Waals surface area contributed by atoms with Crippen molar-refractivity contribution in [1.82, 2.24) is 24.8 Å². The first-order valence-electron chi connectivity index (χ1n) is 9.74. The van der Waals surface area contributed by atoms with Crippen molar-refractivity contribution >= 4 is 5.91 Å². The molecule has 0 bridgehead atoms. The predicted molar refractivity (Wildman–Crippen MR) is 108 cm³/mol. The van der Waals surface area contributed by atoms with E-state index in [4.69, 9.17) is 0 Å². The van der Waals surface area contributed by atoms with Gasteiger partial charge in [-0.1, -0.05) is 24.3 Å². The number of nitrogens with zero attached hydrogens (tertiary/aromatic N) is 4. The SMILES string of the molecule is Cc1nccn1-c1ccccc1CNC(=O)[C@@H](c1cccnc1)N1CCCC1. The van der Waals surface area contributed by atoms with Gasteiger partial charge in [0.2, 0.25) is 5.91 Å². The molecular weight excluding hydrogens is 350 g/mol. The standard InChI is InChI=1S/C22H25N5O/c1-17-24-11-14-27(17)20-9-3-2-7-18(20)16-25-22(28)21(26-12-4-5-13-26)19-8-6-10-23-15-19/h2-3,6-11,14-15,21H,4-5,12-13,16H2,1H3,(H,25,28)/t21-/m1/s1. The van der Waals surface area contributed by atoms with Crippen molar-refractivity contribution in [3.8, 4) is 5.69 Å². The highest BCUT2D eigenvalue weighted by molar-refractivity contribution is 5.83. The number of hydrogen-bond donors (Lipinski definition) is 1. The third kappa shape index (κ3) is 3.82. The molecule has 1 atom stereocenters. The first kappa shape index (κ1) is 18.4. The van der Waals surface area contributed by atoms with Crippen LogP contribution in [0.1, 0.15) is 35.8 Å². The second-order valence-corrected chi connectivity index (χ2v) is 7.12. The molecule has 4 rings (SSSR count). The lowest BCUT2D eigenvalue weighted by atomic mass is 10.1. The van der Waals surface area contributed by atoms with Crippen molar-refractivity contribution < 1.29 is 4.79 Å².